The van der Waals surface area contributed by atoms with Crippen LogP contribution in [-0.4, -0.2) is 86.6 Å². The minimum absolute atomic E-state index is 0.0152. The van der Waals surface area contributed by atoms with Gasteiger partial charge in [-0.25, -0.2) is 22.6 Å². The number of β-lactam (4-membered cyclic amide) rings is 1. The molecule has 2 aromatic heterocycles. The van der Waals surface area contributed by atoms with E-state index >= 15 is 4.39 Å². The van der Waals surface area contributed by atoms with Gasteiger partial charge in [0.25, 0.3) is 17.4 Å². The molecule has 3 heterocycles. The number of ether oxygens (including phenoxy) is 1. The summed E-state index contributed by atoms with van der Waals surface area (Å²) in [6.45, 7) is 4.16. The summed E-state index contributed by atoms with van der Waals surface area (Å²) in [6, 6.07) is 2.60. The third kappa shape index (κ3) is 7.87. The lowest BCUT2D eigenvalue weighted by Crippen LogP contribution is -2.76. The van der Waals surface area contributed by atoms with Crippen molar-refractivity contribution in [1.82, 2.24) is 20.0 Å². The number of halogens is 1. The number of anilines is 1. The average molecular weight is 713 g/mol. The quantitative estimate of drug-likeness (QED) is 0.0393. The van der Waals surface area contributed by atoms with Crippen molar-refractivity contribution in [2.24, 2.45) is 17.9 Å². The predicted molar refractivity (Wildman–Crippen MR) is 164 cm³/mol. The average Bonchev–Trinajstić information content (AvgIpc) is 3.60. The Bertz CT molecular complexity index is 1860. The number of oxime groups is 1. The maximum absolute atomic E-state index is 15.1. The summed E-state index contributed by atoms with van der Waals surface area (Å²) < 4.78 is 61.6. The maximum Gasteiger partial charge on any atom is 0.354 e. The molecule has 3 aromatic rings. The number of hydroxylamine groups is 2. The van der Waals surface area contributed by atoms with Crippen molar-refractivity contribution in [2.75, 3.05) is 18.9 Å². The van der Waals surface area contributed by atoms with Crippen LogP contribution in [0.2, 0.25) is 0 Å². The second-order valence-corrected chi connectivity index (χ2v) is 13.2. The third-order valence-corrected chi connectivity index (χ3v) is 8.27. The fourth-order valence-corrected chi connectivity index (χ4v) is 5.50. The summed E-state index contributed by atoms with van der Waals surface area (Å²) in [5, 5.41) is 17.6. The number of thiazole rings is 1. The number of nitrogen functional groups attached to an aromatic ring is 1. The molecule has 0 bridgehead atoms. The van der Waals surface area contributed by atoms with E-state index in [0.717, 1.165) is 30.7 Å². The Morgan fingerprint density at radius 1 is 1.35 bits per heavy atom. The standard InChI is InChI=1S/C27H33FN8O10S2/c1-26(2)21(23(38)36(26)46-48(41,42)43)32-22(37)20(19-13-47-25(30)31-19)33-45-27(3,24(39)40)14-44-16-6-7-17(18(28)10-16)15-11-34(4)35(12-15)9-5-8-29/h6-7,10-13,21H,5,8-9,14,29H2,1-4H3,(H4-,30,31,32,37,39,40,41,42,43)/b33-20-/t21-,27?/m1/s1. The van der Waals surface area contributed by atoms with Gasteiger partial charge in [-0.1, -0.05) is 5.16 Å². The first-order valence-electron chi connectivity index (χ1n) is 14.1. The summed E-state index contributed by atoms with van der Waals surface area (Å²) in [5.41, 5.74) is 7.66. The number of nitrogens with two attached hydrogens (primary N) is 2. The van der Waals surface area contributed by atoms with Crippen molar-refractivity contribution in [3.8, 4) is 16.9 Å². The second-order valence-electron chi connectivity index (χ2n) is 11.3. The van der Waals surface area contributed by atoms with E-state index in [9.17, 15) is 32.5 Å². The number of benzene rings is 1. The molecule has 0 aliphatic carbocycles. The molecule has 1 fully saturated rings. The maximum atomic E-state index is 15.1. The van der Waals surface area contributed by atoms with E-state index in [-0.39, 0.29) is 22.1 Å². The molecule has 0 spiro atoms. The minimum Gasteiger partial charge on any atom is -0.724 e. The first-order chi connectivity index (χ1) is 22.4. The number of carboxylic acid groups (broad SMARTS) is 1. The van der Waals surface area contributed by atoms with Gasteiger partial charge in [0, 0.05) is 17.0 Å². The highest BCUT2D eigenvalue weighted by molar-refractivity contribution is 7.80. The Morgan fingerprint density at radius 2 is 2.06 bits per heavy atom. The largest absolute Gasteiger partial charge is 0.724 e. The highest BCUT2D eigenvalue weighted by atomic mass is 32.3. The number of carboxylic acids is 1. The van der Waals surface area contributed by atoms with Crippen molar-refractivity contribution in [1.29, 1.82) is 0 Å². The van der Waals surface area contributed by atoms with Crippen LogP contribution in [-0.2, 0) is 47.5 Å². The first kappa shape index (κ1) is 36.1. The summed E-state index contributed by atoms with van der Waals surface area (Å²) in [7, 11) is -3.48. The number of carbonyl (C=O) groups is 3. The molecule has 6 N–H and O–H groups in total. The summed E-state index contributed by atoms with van der Waals surface area (Å²) in [5.74, 6) is -4.37. The van der Waals surface area contributed by atoms with Crippen LogP contribution < -0.4 is 26.2 Å². The Morgan fingerprint density at radius 3 is 2.62 bits per heavy atom. The molecule has 21 heteroatoms. The van der Waals surface area contributed by atoms with Crippen LogP contribution in [0.5, 0.6) is 5.75 Å². The zero-order chi connectivity index (χ0) is 35.6. The van der Waals surface area contributed by atoms with Crippen LogP contribution in [0, 0.1) is 5.82 Å². The fourth-order valence-electron chi connectivity index (χ4n) is 4.51. The SMILES string of the molecule is C[n+]1cc(-c2ccc(OCC(C)(O/N=C(\C(=O)N[C@@H]3C(=O)N(OS(=O)(=O)[O-])C3(C)C)c3csc(N)n3)C(=O)O)cc2F)cn1CCCN. The number of hydrogen-bond donors (Lipinski definition) is 4. The van der Waals surface area contributed by atoms with E-state index in [2.05, 4.69) is 19.7 Å². The van der Waals surface area contributed by atoms with E-state index < -0.39 is 63.5 Å². The number of amides is 2. The Hall–Kier alpha value is -4.70. The smallest absolute Gasteiger partial charge is 0.354 e. The number of aromatic nitrogens is 3. The molecule has 0 radical (unpaired) electrons. The summed E-state index contributed by atoms with van der Waals surface area (Å²) in [6.07, 6.45) is 4.25. The molecule has 1 unspecified atom stereocenters. The van der Waals surface area contributed by atoms with E-state index in [1.807, 2.05) is 11.7 Å². The lowest BCUT2D eigenvalue weighted by molar-refractivity contribution is -0.753. The molecule has 18 nitrogen and oxygen atoms in total. The lowest BCUT2D eigenvalue weighted by Gasteiger charge is -2.51. The lowest BCUT2D eigenvalue weighted by atomic mass is 9.84. The molecule has 2 atom stereocenters. The number of aryl methyl sites for hydroxylation is 2. The molecular formula is C27H33FN8O10S2. The van der Waals surface area contributed by atoms with E-state index in [1.54, 1.807) is 17.1 Å². The van der Waals surface area contributed by atoms with Gasteiger partial charge in [-0.3, -0.25) is 9.59 Å². The van der Waals surface area contributed by atoms with Crippen LogP contribution in [0.1, 0.15) is 32.9 Å². The molecular weight excluding hydrogens is 679 g/mol. The highest BCUT2D eigenvalue weighted by Gasteiger charge is 2.57. The monoisotopic (exact) mass is 712 g/mol. The second kappa shape index (κ2) is 13.8. The zero-order valence-electron chi connectivity index (χ0n) is 26.1. The van der Waals surface area contributed by atoms with E-state index in [1.165, 1.54) is 31.4 Å². The van der Waals surface area contributed by atoms with E-state index in [4.69, 9.17) is 21.0 Å². The van der Waals surface area contributed by atoms with Crippen molar-refractivity contribution in [3.05, 3.63) is 47.5 Å². The summed E-state index contributed by atoms with van der Waals surface area (Å²) in [4.78, 5) is 47.3. The third-order valence-electron chi connectivity index (χ3n) is 7.27. The van der Waals surface area contributed by atoms with Crippen LogP contribution >= 0.6 is 11.3 Å². The number of carbonyl (C=O) groups excluding carboxylic acids is 2. The number of nitrogens with one attached hydrogen (secondary N) is 1. The fraction of sp³-hybridized carbons (Fsp3) is 0.407. The van der Waals surface area contributed by atoms with E-state index in [0.29, 0.717) is 23.7 Å². The molecule has 4 rings (SSSR count). The van der Waals surface area contributed by atoms with Gasteiger partial charge in [0.05, 0.1) is 23.8 Å². The Labute approximate surface area is 277 Å². The molecule has 48 heavy (non-hydrogen) atoms. The summed E-state index contributed by atoms with van der Waals surface area (Å²) >= 11 is 0.919. The number of nitrogens with zero attached hydrogens (tertiary/aromatic N) is 5. The van der Waals surface area contributed by atoms with Gasteiger partial charge < -0.3 is 36.0 Å². The van der Waals surface area contributed by atoms with Gasteiger partial charge in [-0.05, 0) is 45.9 Å². The topological polar surface area (TPSA) is 258 Å². The van der Waals surface area contributed by atoms with Crippen molar-refractivity contribution in [3.63, 3.8) is 0 Å². The molecule has 1 aliphatic rings. The number of rotatable bonds is 15. The Balaban J connectivity index is 1.51. The normalized spacial score (nSPS) is 17.4. The molecule has 1 aromatic carbocycles. The zero-order valence-corrected chi connectivity index (χ0v) is 27.7. The van der Waals surface area contributed by atoms with Crippen molar-refractivity contribution < 1.29 is 55.4 Å². The molecule has 1 saturated heterocycles. The van der Waals surface area contributed by atoms with Crippen LogP contribution in [0.4, 0.5) is 9.52 Å². The van der Waals surface area contributed by atoms with Gasteiger partial charge in [0.1, 0.15) is 29.9 Å². The van der Waals surface area contributed by atoms with Gasteiger partial charge >= 0.3 is 5.97 Å². The van der Waals surface area contributed by atoms with Gasteiger partial charge in [-0.15, -0.1) is 16.0 Å². The van der Waals surface area contributed by atoms with Crippen molar-refractivity contribution >= 4 is 50.4 Å². The minimum atomic E-state index is -5.29. The number of hydrogen-bond acceptors (Lipinski definition) is 14. The van der Waals surface area contributed by atoms with Gasteiger partial charge in [-0.2, -0.15) is 14.0 Å². The number of aliphatic carboxylic acids is 1. The highest BCUT2D eigenvalue weighted by Crippen LogP contribution is 2.33. The van der Waals surface area contributed by atoms with Gasteiger partial charge in [0.2, 0.25) is 16.6 Å². The van der Waals surface area contributed by atoms with Crippen LogP contribution in [0.15, 0.2) is 41.1 Å². The van der Waals surface area contributed by atoms with Crippen molar-refractivity contribution in [2.45, 2.75) is 50.9 Å². The molecule has 1 aliphatic heterocycles. The van der Waals surface area contributed by atoms with Crippen LogP contribution in [0.3, 0.4) is 0 Å². The predicted octanol–water partition coefficient (Wildman–Crippen LogP) is -0.353. The van der Waals surface area contributed by atoms with Crippen LogP contribution in [0.25, 0.3) is 11.1 Å². The molecule has 2 amide bonds. The molecule has 0 saturated carbocycles. The van der Waals surface area contributed by atoms with Gasteiger partial charge in [0.15, 0.2) is 17.9 Å². The Kier molecular flexibility index (Phi) is 10.4. The first-order valence-corrected chi connectivity index (χ1v) is 16.3. The molecule has 260 valence electrons.